The van der Waals surface area contributed by atoms with E-state index in [1.165, 1.54) is 20.8 Å². The molecular weight excluding hydrogens is 932 g/mol. The number of nitrogens with one attached hydrogen (secondary N) is 7. The van der Waals surface area contributed by atoms with Gasteiger partial charge < -0.3 is 52.5 Å². The largest absolute Gasteiger partial charge is 0.481 e. The number of rotatable bonds is 31. The number of carbonyl (C=O) groups is 11. The van der Waals surface area contributed by atoms with Gasteiger partial charge >= 0.3 is 24.1 Å². The molecule has 0 aliphatic carbocycles. The van der Waals surface area contributed by atoms with Crippen LogP contribution in [0.2, 0.25) is 0 Å². The molecule has 70 heavy (non-hydrogen) atoms. The summed E-state index contributed by atoms with van der Waals surface area (Å²) in [4.78, 5) is 142. The van der Waals surface area contributed by atoms with Gasteiger partial charge in [-0.15, -0.1) is 0 Å². The number of halogens is 3. The van der Waals surface area contributed by atoms with Crippen LogP contribution in [-0.2, 0) is 59.2 Å². The molecule has 1 aromatic rings. The molecule has 0 saturated heterocycles. The van der Waals surface area contributed by atoms with Crippen molar-refractivity contribution in [2.45, 2.75) is 168 Å². The standard InChI is InChI=1S/C46H68F3N7O14/c1-8-9-10-13-20-50-43(69)37(64)32(24-46(47,48)49)55-40(66)29(21-25(2)3)54-44(70)38(45(5,6)7)56-42(68)30(22-27-15-12-11-14-26(27)4)53-39(65)28(16-18-34(58)59)52-41(67)31(23-36(62)63)51-33(57)17-19-35(60)61/h11-12,14-15,25,28-32,38H,8-10,13,16-24H2,1-7H3,(H,50,69)(H,51,57)(H,52,67)(H,53,65)(H,54,70)(H,55,66)(H,56,68)(H,58,59)(H,60,61)(H,62,63)/t28-,29-,30-,31-,32?,38+/m0/s1. The Morgan fingerprint density at radius 3 is 1.70 bits per heavy atom. The predicted molar refractivity (Wildman–Crippen MR) is 244 cm³/mol. The quantitative estimate of drug-likeness (QED) is 0.0376. The molecule has 0 saturated carbocycles. The van der Waals surface area contributed by atoms with Crippen molar-refractivity contribution >= 4 is 65.0 Å². The van der Waals surface area contributed by atoms with Crippen LogP contribution in [0.3, 0.4) is 0 Å². The molecule has 0 aliphatic heterocycles. The summed E-state index contributed by atoms with van der Waals surface area (Å²) in [6, 6.07) is -4.16. The molecule has 7 amide bonds. The van der Waals surface area contributed by atoms with Crippen LogP contribution >= 0.6 is 0 Å². The zero-order chi connectivity index (χ0) is 53.5. The minimum Gasteiger partial charge on any atom is -0.481 e. The maximum Gasteiger partial charge on any atom is 0.391 e. The molecule has 1 unspecified atom stereocenters. The Labute approximate surface area is 404 Å². The molecule has 0 aromatic heterocycles. The summed E-state index contributed by atoms with van der Waals surface area (Å²) in [6.45, 7) is 11.5. The Bertz CT molecular complexity index is 2030. The topological polar surface area (TPSA) is 333 Å². The SMILES string of the molecule is CCCCCCNC(=O)C(=O)C(CC(F)(F)F)NC(=O)[C@H](CC(C)C)NC(=O)[C@@H](NC(=O)[C@H](Cc1ccccc1C)NC(=O)[C@H](CCC(=O)O)NC(=O)[C@H](CC(=O)O)NC(=O)CCC(=O)O)C(C)(C)C. The Morgan fingerprint density at radius 1 is 0.614 bits per heavy atom. The van der Waals surface area contributed by atoms with Crippen molar-refractivity contribution in [1.82, 2.24) is 37.2 Å². The summed E-state index contributed by atoms with van der Waals surface area (Å²) in [5.41, 5.74) is -0.0654. The van der Waals surface area contributed by atoms with E-state index in [0.717, 1.165) is 12.8 Å². The van der Waals surface area contributed by atoms with Crippen LogP contribution in [0.4, 0.5) is 13.2 Å². The van der Waals surface area contributed by atoms with E-state index in [0.29, 0.717) is 24.0 Å². The molecule has 0 fully saturated rings. The highest BCUT2D eigenvalue weighted by atomic mass is 19.4. The number of amides is 7. The molecule has 6 atom stereocenters. The highest BCUT2D eigenvalue weighted by Crippen LogP contribution is 2.24. The number of carboxylic acids is 3. The van der Waals surface area contributed by atoms with Gasteiger partial charge in [-0.1, -0.05) is 85.1 Å². The van der Waals surface area contributed by atoms with Crippen LogP contribution in [0, 0.1) is 18.3 Å². The van der Waals surface area contributed by atoms with E-state index in [1.807, 2.05) is 12.2 Å². The fourth-order valence-electron chi connectivity index (χ4n) is 6.81. The summed E-state index contributed by atoms with van der Waals surface area (Å²) >= 11 is 0. The molecule has 0 aliphatic rings. The van der Waals surface area contributed by atoms with Crippen molar-refractivity contribution in [3.63, 3.8) is 0 Å². The Balaban J connectivity index is 3.60. The van der Waals surface area contributed by atoms with Crippen LogP contribution in [-0.4, -0.2) is 129 Å². The monoisotopic (exact) mass is 999 g/mol. The van der Waals surface area contributed by atoms with Gasteiger partial charge in [0.15, 0.2) is 0 Å². The third-order valence-corrected chi connectivity index (χ3v) is 10.6. The summed E-state index contributed by atoms with van der Waals surface area (Å²) in [5.74, 6) is -14.4. The number of unbranched alkanes of at least 4 members (excludes halogenated alkanes) is 3. The number of carbonyl (C=O) groups excluding carboxylic acids is 8. The summed E-state index contributed by atoms with van der Waals surface area (Å²) in [5, 5.41) is 43.8. The maximum absolute atomic E-state index is 14.4. The van der Waals surface area contributed by atoms with Gasteiger partial charge in [0.25, 0.3) is 5.91 Å². The number of ketones is 1. The van der Waals surface area contributed by atoms with E-state index in [-0.39, 0.29) is 19.4 Å². The van der Waals surface area contributed by atoms with Crippen molar-refractivity contribution in [2.75, 3.05) is 6.54 Å². The molecule has 0 spiro atoms. The third-order valence-electron chi connectivity index (χ3n) is 10.6. The second-order valence-corrected chi connectivity index (χ2v) is 18.4. The highest BCUT2D eigenvalue weighted by Gasteiger charge is 2.41. The minimum absolute atomic E-state index is 0.00921. The summed E-state index contributed by atoms with van der Waals surface area (Å²) in [7, 11) is 0. The lowest BCUT2D eigenvalue weighted by Crippen LogP contribution is -2.62. The van der Waals surface area contributed by atoms with Crippen LogP contribution in [0.5, 0.6) is 0 Å². The molecule has 0 heterocycles. The Hall–Kier alpha value is -6.62. The average molecular weight is 1000 g/mol. The van der Waals surface area contributed by atoms with E-state index >= 15 is 0 Å². The van der Waals surface area contributed by atoms with E-state index in [1.54, 1.807) is 45.0 Å². The number of benzene rings is 1. The fraction of sp³-hybridized carbons (Fsp3) is 0.630. The van der Waals surface area contributed by atoms with E-state index < -0.39 is 157 Å². The lowest BCUT2D eigenvalue weighted by atomic mass is 9.85. The number of hydrogen-bond acceptors (Lipinski definition) is 11. The van der Waals surface area contributed by atoms with Gasteiger partial charge in [-0.3, -0.25) is 52.7 Å². The molecule has 0 radical (unpaired) electrons. The van der Waals surface area contributed by atoms with E-state index in [9.17, 15) is 76.1 Å². The van der Waals surface area contributed by atoms with Gasteiger partial charge in [0.2, 0.25) is 41.2 Å². The number of carboxylic acid groups (broad SMARTS) is 3. The lowest BCUT2D eigenvalue weighted by molar-refractivity contribution is -0.154. The number of aryl methyl sites for hydroxylation is 1. The molecule has 10 N–H and O–H groups in total. The predicted octanol–water partition coefficient (Wildman–Crippen LogP) is 1.96. The molecule has 1 aromatic carbocycles. The van der Waals surface area contributed by atoms with Gasteiger partial charge in [-0.2, -0.15) is 13.2 Å². The molecule has 1 rings (SSSR count). The molecular formula is C46H68F3N7O14. The number of hydrogen-bond donors (Lipinski definition) is 10. The van der Waals surface area contributed by atoms with Crippen LogP contribution in [0.25, 0.3) is 0 Å². The molecule has 0 bridgehead atoms. The summed E-state index contributed by atoms with van der Waals surface area (Å²) in [6.07, 6.45) is -8.22. The first-order valence-corrected chi connectivity index (χ1v) is 22.8. The second kappa shape index (κ2) is 29.4. The van der Waals surface area contributed by atoms with Gasteiger partial charge in [0.05, 0.1) is 19.3 Å². The van der Waals surface area contributed by atoms with Crippen LogP contribution in [0.15, 0.2) is 24.3 Å². The second-order valence-electron chi connectivity index (χ2n) is 18.4. The zero-order valence-corrected chi connectivity index (χ0v) is 40.5. The first kappa shape index (κ1) is 61.4. The van der Waals surface area contributed by atoms with Crippen molar-refractivity contribution in [3.05, 3.63) is 35.4 Å². The van der Waals surface area contributed by atoms with Crippen molar-refractivity contribution in [2.24, 2.45) is 11.3 Å². The number of alkyl halides is 3. The van der Waals surface area contributed by atoms with Crippen molar-refractivity contribution < 1.29 is 81.2 Å². The number of aliphatic carboxylic acids is 3. The van der Waals surface area contributed by atoms with Gasteiger partial charge in [0, 0.05) is 25.8 Å². The number of Topliss-reactive ketones (excluding diaryl/α,β-unsaturated/α-hetero) is 1. The van der Waals surface area contributed by atoms with Gasteiger partial charge in [0.1, 0.15) is 36.3 Å². The van der Waals surface area contributed by atoms with Crippen LogP contribution < -0.4 is 37.2 Å². The van der Waals surface area contributed by atoms with E-state index in [2.05, 4.69) is 31.9 Å². The lowest BCUT2D eigenvalue weighted by Gasteiger charge is -2.34. The third kappa shape index (κ3) is 24.1. The van der Waals surface area contributed by atoms with Crippen molar-refractivity contribution in [1.29, 1.82) is 0 Å². The Kier molecular flexibility index (Phi) is 25.8. The van der Waals surface area contributed by atoms with Gasteiger partial charge in [-0.25, -0.2) is 0 Å². The smallest absolute Gasteiger partial charge is 0.391 e. The normalized spacial score (nSPS) is 14.0. The Morgan fingerprint density at radius 2 is 1.16 bits per heavy atom. The first-order chi connectivity index (χ1) is 32.4. The average Bonchev–Trinajstić information content (AvgIpc) is 3.23. The fourth-order valence-corrected chi connectivity index (χ4v) is 6.81. The first-order valence-electron chi connectivity index (χ1n) is 22.8. The minimum atomic E-state index is -5.01. The van der Waals surface area contributed by atoms with Crippen LogP contribution in [0.1, 0.15) is 123 Å². The molecule has 392 valence electrons. The molecule has 21 nitrogen and oxygen atoms in total. The van der Waals surface area contributed by atoms with E-state index in [4.69, 9.17) is 5.11 Å². The maximum atomic E-state index is 14.4. The van der Waals surface area contributed by atoms with Gasteiger partial charge in [-0.05, 0) is 48.6 Å². The summed E-state index contributed by atoms with van der Waals surface area (Å²) < 4.78 is 41.2. The highest BCUT2D eigenvalue weighted by molar-refractivity contribution is 6.38. The zero-order valence-electron chi connectivity index (χ0n) is 40.5. The molecule has 24 heteroatoms. The van der Waals surface area contributed by atoms with Crippen molar-refractivity contribution in [3.8, 4) is 0 Å².